The van der Waals surface area contributed by atoms with E-state index in [0.29, 0.717) is 6.04 Å². The molecular formula is C16H16N2S. The van der Waals surface area contributed by atoms with E-state index in [0.717, 1.165) is 12.1 Å². The highest BCUT2D eigenvalue weighted by Gasteiger charge is 2.07. The molecule has 1 atom stereocenters. The highest BCUT2D eigenvalue weighted by atomic mass is 32.1. The normalized spacial score (nSPS) is 12.7. The molecule has 0 amide bonds. The molecule has 19 heavy (non-hydrogen) atoms. The van der Waals surface area contributed by atoms with E-state index >= 15 is 0 Å². The predicted octanol–water partition coefficient (Wildman–Crippen LogP) is 4.15. The van der Waals surface area contributed by atoms with Crippen LogP contribution in [-0.4, -0.2) is 4.98 Å². The number of pyridine rings is 1. The predicted molar refractivity (Wildman–Crippen MR) is 81.3 cm³/mol. The maximum absolute atomic E-state index is 4.48. The largest absolute Gasteiger partial charge is 0.305 e. The van der Waals surface area contributed by atoms with Gasteiger partial charge >= 0.3 is 0 Å². The molecule has 96 valence electrons. The smallest absolute Gasteiger partial charge is 0.0746 e. The Hall–Kier alpha value is -1.71. The van der Waals surface area contributed by atoms with Crippen molar-refractivity contribution in [3.8, 4) is 0 Å². The topological polar surface area (TPSA) is 24.9 Å². The van der Waals surface area contributed by atoms with Crippen LogP contribution >= 0.6 is 11.3 Å². The molecule has 0 aliphatic heterocycles. The number of rotatable bonds is 4. The summed E-state index contributed by atoms with van der Waals surface area (Å²) < 4.78 is 0. The Bertz CT molecular complexity index is 656. The minimum Gasteiger partial charge on any atom is -0.305 e. The summed E-state index contributed by atoms with van der Waals surface area (Å²) in [5.74, 6) is 0. The van der Waals surface area contributed by atoms with Gasteiger partial charge < -0.3 is 5.32 Å². The number of fused-ring (bicyclic) bond motifs is 1. The van der Waals surface area contributed by atoms with Gasteiger partial charge in [-0.05, 0) is 30.0 Å². The van der Waals surface area contributed by atoms with Gasteiger partial charge in [0, 0.05) is 29.0 Å². The lowest BCUT2D eigenvalue weighted by Crippen LogP contribution is -2.17. The van der Waals surface area contributed by atoms with Crippen LogP contribution in [0.4, 0.5) is 0 Å². The summed E-state index contributed by atoms with van der Waals surface area (Å²) >= 11 is 1.79. The molecule has 0 bridgehead atoms. The number of benzene rings is 1. The van der Waals surface area contributed by atoms with E-state index in [-0.39, 0.29) is 0 Å². The van der Waals surface area contributed by atoms with E-state index in [4.69, 9.17) is 0 Å². The number of aromatic nitrogens is 1. The molecule has 1 aromatic carbocycles. The minimum atomic E-state index is 0.374. The van der Waals surface area contributed by atoms with Crippen LogP contribution in [0, 0.1) is 0 Å². The summed E-state index contributed by atoms with van der Waals surface area (Å²) in [6.07, 6.45) is 1.86. The fraction of sp³-hybridized carbons (Fsp3) is 0.188. The lowest BCUT2D eigenvalue weighted by molar-refractivity contribution is 0.584. The lowest BCUT2D eigenvalue weighted by atomic mass is 10.1. The van der Waals surface area contributed by atoms with Gasteiger partial charge in [-0.2, -0.15) is 0 Å². The standard InChI is InChI=1S/C16H16N2S/c1-12(15-8-4-10-19-15)18-11-14-6-2-5-13-7-3-9-17-16(13)14/h2-10,12,18H,11H2,1H3. The maximum atomic E-state index is 4.48. The first-order valence-corrected chi connectivity index (χ1v) is 7.32. The third-order valence-corrected chi connectivity index (χ3v) is 4.34. The zero-order valence-corrected chi connectivity index (χ0v) is 11.7. The number of hydrogen-bond donors (Lipinski definition) is 1. The number of hydrogen-bond acceptors (Lipinski definition) is 3. The second-order valence-electron chi connectivity index (χ2n) is 4.61. The Morgan fingerprint density at radius 3 is 2.89 bits per heavy atom. The van der Waals surface area contributed by atoms with Gasteiger partial charge in [0.15, 0.2) is 0 Å². The van der Waals surface area contributed by atoms with Gasteiger partial charge in [-0.15, -0.1) is 11.3 Å². The van der Waals surface area contributed by atoms with E-state index in [1.807, 2.05) is 12.3 Å². The van der Waals surface area contributed by atoms with E-state index in [1.54, 1.807) is 11.3 Å². The summed E-state index contributed by atoms with van der Waals surface area (Å²) in [4.78, 5) is 5.85. The van der Waals surface area contributed by atoms with Crippen LogP contribution in [0.1, 0.15) is 23.4 Å². The Balaban J connectivity index is 1.79. The first kappa shape index (κ1) is 12.3. The molecule has 2 heterocycles. The van der Waals surface area contributed by atoms with Crippen LogP contribution in [0.5, 0.6) is 0 Å². The maximum Gasteiger partial charge on any atom is 0.0746 e. The van der Waals surface area contributed by atoms with Gasteiger partial charge in [-0.3, -0.25) is 4.98 Å². The Morgan fingerprint density at radius 2 is 2.05 bits per heavy atom. The van der Waals surface area contributed by atoms with E-state index in [2.05, 4.69) is 59.0 Å². The molecular weight excluding hydrogens is 252 g/mol. The number of thiophene rings is 1. The zero-order chi connectivity index (χ0) is 13.1. The average molecular weight is 268 g/mol. The van der Waals surface area contributed by atoms with Crippen molar-refractivity contribution >= 4 is 22.2 Å². The summed E-state index contributed by atoms with van der Waals surface area (Å²) in [5.41, 5.74) is 2.34. The van der Waals surface area contributed by atoms with Crippen LogP contribution in [0.2, 0.25) is 0 Å². The van der Waals surface area contributed by atoms with Gasteiger partial charge in [0.1, 0.15) is 0 Å². The zero-order valence-electron chi connectivity index (χ0n) is 10.8. The van der Waals surface area contributed by atoms with Gasteiger partial charge in [0.05, 0.1) is 5.52 Å². The second kappa shape index (κ2) is 5.51. The SMILES string of the molecule is CC(NCc1cccc2cccnc12)c1cccs1. The molecule has 0 saturated heterocycles. The quantitative estimate of drug-likeness (QED) is 0.769. The molecule has 3 heteroatoms. The van der Waals surface area contributed by atoms with Crippen molar-refractivity contribution < 1.29 is 0 Å². The molecule has 2 nitrogen and oxygen atoms in total. The Kier molecular flexibility index (Phi) is 3.58. The third-order valence-electron chi connectivity index (χ3n) is 3.28. The van der Waals surface area contributed by atoms with Crippen molar-refractivity contribution in [2.75, 3.05) is 0 Å². The lowest BCUT2D eigenvalue weighted by Gasteiger charge is -2.13. The van der Waals surface area contributed by atoms with E-state index < -0.39 is 0 Å². The Morgan fingerprint density at radius 1 is 1.16 bits per heavy atom. The molecule has 1 unspecified atom stereocenters. The second-order valence-corrected chi connectivity index (χ2v) is 5.59. The first-order valence-electron chi connectivity index (χ1n) is 6.44. The van der Waals surface area contributed by atoms with Crippen LogP contribution in [0.15, 0.2) is 54.0 Å². The van der Waals surface area contributed by atoms with E-state index in [9.17, 15) is 0 Å². The Labute approximate surface area is 117 Å². The monoisotopic (exact) mass is 268 g/mol. The van der Waals surface area contributed by atoms with Crippen molar-refractivity contribution in [3.63, 3.8) is 0 Å². The summed E-state index contributed by atoms with van der Waals surface area (Å²) in [7, 11) is 0. The van der Waals surface area contributed by atoms with Gasteiger partial charge in [0.25, 0.3) is 0 Å². The van der Waals surface area contributed by atoms with E-state index in [1.165, 1.54) is 15.8 Å². The third kappa shape index (κ3) is 2.67. The molecule has 0 saturated carbocycles. The summed E-state index contributed by atoms with van der Waals surface area (Å²) in [6, 6.07) is 15.1. The van der Waals surface area contributed by atoms with Crippen molar-refractivity contribution in [1.29, 1.82) is 0 Å². The number of para-hydroxylation sites is 1. The van der Waals surface area contributed by atoms with Crippen LogP contribution in [0.3, 0.4) is 0 Å². The molecule has 0 spiro atoms. The molecule has 3 rings (SSSR count). The van der Waals surface area contributed by atoms with Crippen molar-refractivity contribution in [3.05, 3.63) is 64.5 Å². The molecule has 2 aromatic heterocycles. The number of nitrogens with one attached hydrogen (secondary N) is 1. The van der Waals surface area contributed by atoms with Crippen molar-refractivity contribution in [2.24, 2.45) is 0 Å². The average Bonchev–Trinajstić information content (AvgIpc) is 2.99. The fourth-order valence-electron chi connectivity index (χ4n) is 2.21. The summed E-state index contributed by atoms with van der Waals surface area (Å²) in [5, 5.41) is 6.88. The molecule has 0 fully saturated rings. The molecule has 1 N–H and O–H groups in total. The van der Waals surface area contributed by atoms with Crippen LogP contribution < -0.4 is 5.32 Å². The highest BCUT2D eigenvalue weighted by Crippen LogP contribution is 2.20. The highest BCUT2D eigenvalue weighted by molar-refractivity contribution is 7.10. The minimum absolute atomic E-state index is 0.374. The molecule has 0 aliphatic carbocycles. The first-order chi connectivity index (χ1) is 9.34. The van der Waals surface area contributed by atoms with Crippen LogP contribution in [0.25, 0.3) is 10.9 Å². The fourth-order valence-corrected chi connectivity index (χ4v) is 2.97. The van der Waals surface area contributed by atoms with Gasteiger partial charge in [-0.1, -0.05) is 30.3 Å². The molecule has 0 radical (unpaired) electrons. The summed E-state index contributed by atoms with van der Waals surface area (Å²) in [6.45, 7) is 3.04. The van der Waals surface area contributed by atoms with Crippen molar-refractivity contribution in [2.45, 2.75) is 19.5 Å². The number of nitrogens with zero attached hydrogens (tertiary/aromatic N) is 1. The van der Waals surface area contributed by atoms with Gasteiger partial charge in [0.2, 0.25) is 0 Å². The molecule has 3 aromatic rings. The van der Waals surface area contributed by atoms with Crippen molar-refractivity contribution in [1.82, 2.24) is 10.3 Å². The van der Waals surface area contributed by atoms with Crippen LogP contribution in [-0.2, 0) is 6.54 Å². The van der Waals surface area contributed by atoms with Gasteiger partial charge in [-0.25, -0.2) is 0 Å². The molecule has 0 aliphatic rings.